The third kappa shape index (κ3) is 2.93. The highest BCUT2D eigenvalue weighted by atomic mass is 19.1. The third-order valence-electron chi connectivity index (χ3n) is 3.93. The first-order valence-corrected chi connectivity index (χ1v) is 7.34. The lowest BCUT2D eigenvalue weighted by Crippen LogP contribution is -2.30. The molecule has 2 N–H and O–H groups in total. The number of aliphatic hydroxyl groups excluding tert-OH is 1. The van der Waals surface area contributed by atoms with E-state index in [9.17, 15) is 14.3 Å². The van der Waals surface area contributed by atoms with E-state index in [-0.39, 0.29) is 35.6 Å². The molecule has 1 heterocycles. The van der Waals surface area contributed by atoms with Gasteiger partial charge in [-0.1, -0.05) is 18.2 Å². The van der Waals surface area contributed by atoms with E-state index in [1.165, 1.54) is 18.3 Å². The van der Waals surface area contributed by atoms with Crippen LogP contribution in [0.3, 0.4) is 0 Å². The summed E-state index contributed by atoms with van der Waals surface area (Å²) in [6.07, 6.45) is 6.24. The van der Waals surface area contributed by atoms with Crippen molar-refractivity contribution >= 4 is 12.1 Å². The number of hydrogen-bond acceptors (Lipinski definition) is 3. The molecular formula is C17H17FN2O2. The van der Waals surface area contributed by atoms with Crippen LogP contribution in [0.5, 0.6) is 0 Å². The van der Waals surface area contributed by atoms with E-state index < -0.39 is 0 Å². The minimum Gasteiger partial charge on any atom is -0.507 e. The number of amides is 1. The summed E-state index contributed by atoms with van der Waals surface area (Å²) >= 11 is 0. The van der Waals surface area contributed by atoms with Gasteiger partial charge in [-0.2, -0.15) is 0 Å². The molecule has 0 bridgehead atoms. The van der Waals surface area contributed by atoms with Crippen LogP contribution in [-0.2, 0) is 11.3 Å². The maximum absolute atomic E-state index is 12.8. The molecule has 1 aliphatic carbocycles. The summed E-state index contributed by atoms with van der Waals surface area (Å²) in [6.45, 7) is 0.270. The predicted molar refractivity (Wildman–Crippen MR) is 82.1 cm³/mol. The Morgan fingerprint density at radius 3 is 2.91 bits per heavy atom. The average Bonchev–Trinajstić information content (AvgIpc) is 2.55. The highest BCUT2D eigenvalue weighted by Crippen LogP contribution is 2.30. The Morgan fingerprint density at radius 2 is 2.14 bits per heavy atom. The molecule has 5 heteroatoms. The lowest BCUT2D eigenvalue weighted by atomic mass is 9.89. The van der Waals surface area contributed by atoms with Gasteiger partial charge in [0.2, 0.25) is 0 Å². The number of halogens is 1. The van der Waals surface area contributed by atoms with Gasteiger partial charge in [-0.15, -0.1) is 0 Å². The monoisotopic (exact) mass is 300 g/mol. The average molecular weight is 300 g/mol. The highest BCUT2D eigenvalue weighted by Gasteiger charge is 2.27. The molecule has 3 rings (SSSR count). The fourth-order valence-corrected chi connectivity index (χ4v) is 2.70. The van der Waals surface area contributed by atoms with E-state index in [1.54, 1.807) is 12.1 Å². The van der Waals surface area contributed by atoms with Gasteiger partial charge in [0.25, 0.3) is 5.91 Å². The van der Waals surface area contributed by atoms with E-state index in [0.29, 0.717) is 0 Å². The summed E-state index contributed by atoms with van der Waals surface area (Å²) in [5.74, 6) is -0.670. The number of nitrogens with one attached hydrogen (secondary N) is 1. The van der Waals surface area contributed by atoms with E-state index in [4.69, 9.17) is 0 Å². The molecule has 114 valence electrons. The van der Waals surface area contributed by atoms with Crippen LogP contribution in [0.1, 0.15) is 24.8 Å². The van der Waals surface area contributed by atoms with Crippen LogP contribution >= 0.6 is 0 Å². The molecule has 2 aliphatic rings. The number of allylic oxidation sites excluding steroid dienone is 1. The maximum atomic E-state index is 12.8. The molecule has 1 atom stereocenters. The molecular weight excluding hydrogens is 283 g/mol. The number of carbonyl (C=O) groups is 1. The Morgan fingerprint density at radius 1 is 1.36 bits per heavy atom. The molecule has 1 aromatic carbocycles. The van der Waals surface area contributed by atoms with Gasteiger partial charge in [-0.25, -0.2) is 4.39 Å². The molecule has 1 unspecified atom stereocenters. The minimum absolute atomic E-state index is 0.0244. The Kier molecular flexibility index (Phi) is 4.04. The number of rotatable bonds is 3. The number of dihydropyridines is 1. The molecule has 0 radical (unpaired) electrons. The molecule has 1 amide bonds. The van der Waals surface area contributed by atoms with Crippen LogP contribution < -0.4 is 5.32 Å². The van der Waals surface area contributed by atoms with Crippen LogP contribution in [0.4, 0.5) is 4.39 Å². The number of nitrogens with zero attached hydrogens (tertiary/aromatic N) is 1. The van der Waals surface area contributed by atoms with Crippen LogP contribution in [0.15, 0.2) is 52.2 Å². The second-order valence-electron chi connectivity index (χ2n) is 5.46. The van der Waals surface area contributed by atoms with E-state index in [2.05, 4.69) is 10.3 Å². The lowest BCUT2D eigenvalue weighted by molar-refractivity contribution is -0.117. The first-order chi connectivity index (χ1) is 10.6. The second-order valence-corrected chi connectivity index (χ2v) is 5.46. The summed E-state index contributed by atoms with van der Waals surface area (Å²) in [5, 5.41) is 13.0. The van der Waals surface area contributed by atoms with Crippen molar-refractivity contribution in [3.8, 4) is 0 Å². The van der Waals surface area contributed by atoms with Gasteiger partial charge in [0.05, 0.1) is 11.6 Å². The van der Waals surface area contributed by atoms with Crippen molar-refractivity contribution in [3.63, 3.8) is 0 Å². The van der Waals surface area contributed by atoms with Gasteiger partial charge < -0.3 is 10.4 Å². The third-order valence-corrected chi connectivity index (χ3v) is 3.93. The molecule has 0 saturated heterocycles. The summed E-state index contributed by atoms with van der Waals surface area (Å²) in [4.78, 5) is 16.6. The Hall–Kier alpha value is -2.43. The fourth-order valence-electron chi connectivity index (χ4n) is 2.70. The van der Waals surface area contributed by atoms with Crippen LogP contribution in [0.25, 0.3) is 0 Å². The van der Waals surface area contributed by atoms with E-state index >= 15 is 0 Å². The second kappa shape index (κ2) is 6.13. The summed E-state index contributed by atoms with van der Waals surface area (Å²) in [6, 6.07) is 5.88. The quantitative estimate of drug-likeness (QED) is 0.901. The fraction of sp³-hybridized carbons (Fsp3) is 0.294. The maximum Gasteiger partial charge on any atom is 0.256 e. The molecule has 4 nitrogen and oxygen atoms in total. The van der Waals surface area contributed by atoms with Crippen molar-refractivity contribution in [1.82, 2.24) is 5.32 Å². The van der Waals surface area contributed by atoms with Crippen LogP contribution in [-0.4, -0.2) is 23.3 Å². The highest BCUT2D eigenvalue weighted by molar-refractivity contribution is 6.13. The Labute approximate surface area is 128 Å². The molecule has 1 aliphatic heterocycles. The predicted octanol–water partition coefficient (Wildman–Crippen LogP) is 2.82. The Balaban J connectivity index is 1.70. The molecule has 1 aromatic rings. The Bertz CT molecular complexity index is 674. The van der Waals surface area contributed by atoms with Gasteiger partial charge in [-0.3, -0.25) is 9.79 Å². The van der Waals surface area contributed by atoms with Crippen molar-refractivity contribution in [2.24, 2.45) is 4.99 Å². The number of benzene rings is 1. The largest absolute Gasteiger partial charge is 0.507 e. The van der Waals surface area contributed by atoms with Crippen molar-refractivity contribution in [2.75, 3.05) is 0 Å². The first-order valence-electron chi connectivity index (χ1n) is 7.34. The molecule has 22 heavy (non-hydrogen) atoms. The lowest BCUT2D eigenvalue weighted by Gasteiger charge is -2.24. The van der Waals surface area contributed by atoms with Crippen molar-refractivity contribution in [1.29, 1.82) is 0 Å². The van der Waals surface area contributed by atoms with E-state index in [0.717, 1.165) is 30.4 Å². The molecule has 0 spiro atoms. The van der Waals surface area contributed by atoms with Crippen LogP contribution in [0.2, 0.25) is 0 Å². The zero-order chi connectivity index (χ0) is 15.5. The first kappa shape index (κ1) is 14.5. The standard InChI is InChI=1S/C17H17FN2O2/c18-12-7-5-11(6-8-12)9-20-17(22)14-10-19-15-4-2-1-3-13(15)16(14)21/h3,5-8,10,15,21H,1-2,4,9H2,(H,20,22). The number of fused-ring (bicyclic) bond motifs is 1. The van der Waals surface area contributed by atoms with Crippen molar-refractivity contribution in [2.45, 2.75) is 31.8 Å². The van der Waals surface area contributed by atoms with Crippen molar-refractivity contribution in [3.05, 3.63) is 58.6 Å². The normalized spacial score (nSPS) is 20.4. The van der Waals surface area contributed by atoms with Gasteiger partial charge in [0.1, 0.15) is 11.6 Å². The summed E-state index contributed by atoms with van der Waals surface area (Å²) in [7, 11) is 0. The minimum atomic E-state index is -0.379. The number of aliphatic imine (C=N–C) groups is 1. The number of aliphatic hydroxyl groups is 1. The number of carbonyl (C=O) groups excluding carboxylic acids is 1. The molecule has 0 fully saturated rings. The van der Waals surface area contributed by atoms with Gasteiger partial charge in [0.15, 0.2) is 0 Å². The zero-order valence-corrected chi connectivity index (χ0v) is 12.1. The summed E-state index contributed by atoms with van der Waals surface area (Å²) in [5.41, 5.74) is 1.73. The van der Waals surface area contributed by atoms with E-state index in [1.807, 2.05) is 6.08 Å². The summed E-state index contributed by atoms with van der Waals surface area (Å²) < 4.78 is 12.8. The van der Waals surface area contributed by atoms with Gasteiger partial charge in [-0.05, 0) is 37.0 Å². The van der Waals surface area contributed by atoms with Gasteiger partial charge in [0, 0.05) is 18.3 Å². The van der Waals surface area contributed by atoms with Gasteiger partial charge >= 0.3 is 0 Å². The number of hydrogen-bond donors (Lipinski definition) is 2. The van der Waals surface area contributed by atoms with Crippen molar-refractivity contribution < 1.29 is 14.3 Å². The smallest absolute Gasteiger partial charge is 0.256 e. The van der Waals surface area contributed by atoms with Crippen LogP contribution in [0, 0.1) is 5.82 Å². The molecule has 0 aromatic heterocycles. The molecule has 0 saturated carbocycles. The zero-order valence-electron chi connectivity index (χ0n) is 12.1. The SMILES string of the molecule is O=C(NCc1ccc(F)cc1)C1=C(O)C2=CCCCC2N=C1. The topological polar surface area (TPSA) is 61.7 Å².